The lowest BCUT2D eigenvalue weighted by Crippen LogP contribution is -2.06. The highest BCUT2D eigenvalue weighted by molar-refractivity contribution is 7.99. The van der Waals surface area contributed by atoms with Crippen LogP contribution in [-0.2, 0) is 6.61 Å². The lowest BCUT2D eigenvalue weighted by Gasteiger charge is -2.11. The molecule has 0 aliphatic heterocycles. The van der Waals surface area contributed by atoms with Crippen LogP contribution in [0.25, 0.3) is 10.4 Å². The second kappa shape index (κ2) is 7.34. The van der Waals surface area contributed by atoms with Gasteiger partial charge in [-0.3, -0.25) is 4.79 Å². The maximum absolute atomic E-state index is 12.6. The monoisotopic (exact) mass is 323 g/mol. The Kier molecular flexibility index (Phi) is 5.23. The molecule has 0 saturated heterocycles. The minimum Gasteiger partial charge on any atom is -0.472 e. The van der Waals surface area contributed by atoms with E-state index in [1.807, 2.05) is 0 Å². The van der Waals surface area contributed by atoms with Crippen molar-refractivity contribution in [1.29, 1.82) is 0 Å². The molecule has 0 spiro atoms. The summed E-state index contributed by atoms with van der Waals surface area (Å²) in [6, 6.07) is 5.38. The van der Waals surface area contributed by atoms with Gasteiger partial charge < -0.3 is 9.94 Å². The van der Waals surface area contributed by atoms with Crippen molar-refractivity contribution in [1.82, 2.24) is 9.94 Å². The lowest BCUT2D eigenvalue weighted by molar-refractivity contribution is 0.0996. The first kappa shape index (κ1) is 15.7. The average Bonchev–Trinajstić information content (AvgIpc) is 2.92. The second-order valence-corrected chi connectivity index (χ2v) is 4.84. The van der Waals surface area contributed by atoms with Gasteiger partial charge in [-0.2, -0.15) is 0 Å². The fourth-order valence-electron chi connectivity index (χ4n) is 1.72. The molecular weight excluding hydrogens is 313 g/mol. The molecule has 10 heteroatoms. The van der Waals surface area contributed by atoms with Crippen LogP contribution < -0.4 is 4.74 Å². The number of thioether (sulfide) groups is 1. The van der Waals surface area contributed by atoms with E-state index in [0.29, 0.717) is 15.3 Å². The lowest BCUT2D eigenvalue weighted by atomic mass is 10.1. The molecule has 22 heavy (non-hydrogen) atoms. The predicted octanol–water partition coefficient (Wildman–Crippen LogP) is 3.17. The van der Waals surface area contributed by atoms with E-state index in [-0.39, 0.29) is 18.1 Å². The van der Waals surface area contributed by atoms with Crippen LogP contribution in [0.3, 0.4) is 0 Å². The molecule has 114 valence electrons. The summed E-state index contributed by atoms with van der Waals surface area (Å²) < 4.78 is 18.0. The van der Waals surface area contributed by atoms with Gasteiger partial charge in [0.15, 0.2) is 0 Å². The topological polar surface area (TPSA) is 113 Å². The first-order valence-corrected chi connectivity index (χ1v) is 6.92. The number of carbonyl (C=O) groups is 1. The van der Waals surface area contributed by atoms with Crippen LogP contribution in [0.2, 0.25) is 0 Å². The van der Waals surface area contributed by atoms with Gasteiger partial charge in [0.1, 0.15) is 12.6 Å². The van der Waals surface area contributed by atoms with E-state index < -0.39 is 11.9 Å². The molecule has 1 aromatic heterocycles. The van der Waals surface area contributed by atoms with Crippen molar-refractivity contribution in [2.75, 3.05) is 6.01 Å². The number of amides is 1. The van der Waals surface area contributed by atoms with E-state index in [9.17, 15) is 9.18 Å². The number of nitrogens with zero attached hydrogens (tertiary/aromatic N) is 5. The quantitative estimate of drug-likeness (QED) is 0.288. The summed E-state index contributed by atoms with van der Waals surface area (Å²) in [4.78, 5) is 15.3. The van der Waals surface area contributed by atoms with Crippen molar-refractivity contribution in [2.24, 2.45) is 5.11 Å². The third-order valence-corrected chi connectivity index (χ3v) is 3.43. The zero-order valence-electron chi connectivity index (χ0n) is 11.1. The van der Waals surface area contributed by atoms with Crippen molar-refractivity contribution in [2.45, 2.75) is 11.5 Å². The Hall–Kier alpha value is -2.71. The summed E-state index contributed by atoms with van der Waals surface area (Å²) in [5, 5.41) is 15.7. The SMILES string of the molecule is [N-]=[N+]=NC(=O)c1cccc(SCF)c1COc1ccn(O)n1. The third kappa shape index (κ3) is 3.68. The minimum absolute atomic E-state index is 0.0950. The van der Waals surface area contributed by atoms with E-state index in [0.717, 1.165) is 11.8 Å². The zero-order valence-corrected chi connectivity index (χ0v) is 11.9. The molecule has 1 N–H and O–H groups in total. The van der Waals surface area contributed by atoms with Crippen molar-refractivity contribution in [3.63, 3.8) is 0 Å². The largest absolute Gasteiger partial charge is 0.472 e. The molecule has 0 atom stereocenters. The highest BCUT2D eigenvalue weighted by atomic mass is 32.2. The minimum atomic E-state index is -0.782. The molecule has 0 bridgehead atoms. The number of alkyl halides is 1. The van der Waals surface area contributed by atoms with E-state index in [1.165, 1.54) is 18.3 Å². The summed E-state index contributed by atoms with van der Waals surface area (Å²) >= 11 is 0.883. The molecule has 0 aliphatic rings. The number of aromatic nitrogens is 2. The number of hydrogen-bond acceptors (Lipinski definition) is 5. The molecule has 1 aromatic carbocycles. The van der Waals surface area contributed by atoms with Crippen LogP contribution in [0.1, 0.15) is 15.9 Å². The third-order valence-electron chi connectivity index (χ3n) is 2.62. The molecule has 1 amide bonds. The zero-order chi connectivity index (χ0) is 15.9. The Bertz CT molecular complexity index is 729. The summed E-state index contributed by atoms with van der Waals surface area (Å²) in [6.45, 7) is -0.0950. The predicted molar refractivity (Wildman–Crippen MR) is 75.5 cm³/mol. The molecule has 0 saturated carbocycles. The average molecular weight is 323 g/mol. The van der Waals surface area contributed by atoms with Gasteiger partial charge in [-0.1, -0.05) is 29.0 Å². The van der Waals surface area contributed by atoms with Gasteiger partial charge in [0.2, 0.25) is 11.8 Å². The molecule has 0 aliphatic carbocycles. The van der Waals surface area contributed by atoms with Gasteiger partial charge in [-0.25, -0.2) is 4.39 Å². The van der Waals surface area contributed by atoms with Crippen LogP contribution >= 0.6 is 11.8 Å². The normalized spacial score (nSPS) is 10.0. The van der Waals surface area contributed by atoms with Gasteiger partial charge in [0.05, 0.1) is 6.20 Å². The van der Waals surface area contributed by atoms with Crippen LogP contribution in [0.15, 0.2) is 40.5 Å². The van der Waals surface area contributed by atoms with Gasteiger partial charge in [0, 0.05) is 27.0 Å². The van der Waals surface area contributed by atoms with E-state index in [1.54, 1.807) is 12.1 Å². The summed E-state index contributed by atoms with van der Waals surface area (Å²) in [7, 11) is 0. The number of carbonyl (C=O) groups excluding carboxylic acids is 1. The highest BCUT2D eigenvalue weighted by Crippen LogP contribution is 2.27. The number of halogens is 1. The second-order valence-electron chi connectivity index (χ2n) is 3.89. The molecule has 2 rings (SSSR count). The van der Waals surface area contributed by atoms with Crippen molar-refractivity contribution >= 4 is 17.7 Å². The van der Waals surface area contributed by atoms with Crippen molar-refractivity contribution < 1.29 is 19.1 Å². The first-order valence-electron chi connectivity index (χ1n) is 5.93. The summed E-state index contributed by atoms with van der Waals surface area (Å²) in [6.07, 6.45) is 1.27. The Morgan fingerprint density at radius 2 is 2.36 bits per heavy atom. The molecule has 8 nitrogen and oxygen atoms in total. The van der Waals surface area contributed by atoms with Gasteiger partial charge in [0.25, 0.3) is 0 Å². The Labute approximate surface area is 128 Å². The Balaban J connectivity index is 2.32. The fourth-order valence-corrected chi connectivity index (χ4v) is 2.36. The standard InChI is InChI=1S/C12H10FN5O3S/c13-7-22-10-3-1-2-8(12(19)15-17-14)9(10)6-21-11-4-5-18(20)16-11/h1-5,20H,6-7H2. The highest BCUT2D eigenvalue weighted by Gasteiger charge is 2.15. The number of azide groups is 1. The maximum Gasteiger partial charge on any atom is 0.249 e. The van der Waals surface area contributed by atoms with Crippen LogP contribution in [0.4, 0.5) is 4.39 Å². The Morgan fingerprint density at radius 3 is 3.00 bits per heavy atom. The van der Waals surface area contributed by atoms with Crippen LogP contribution in [-0.4, -0.2) is 27.1 Å². The maximum atomic E-state index is 12.6. The molecule has 1 heterocycles. The van der Waals surface area contributed by atoms with Gasteiger partial charge in [-0.15, -0.1) is 4.85 Å². The van der Waals surface area contributed by atoms with Crippen molar-refractivity contribution in [3.8, 4) is 5.88 Å². The van der Waals surface area contributed by atoms with E-state index in [2.05, 4.69) is 15.1 Å². The number of ether oxygens (including phenoxy) is 1. The van der Waals surface area contributed by atoms with Crippen LogP contribution in [0.5, 0.6) is 5.88 Å². The van der Waals surface area contributed by atoms with Gasteiger partial charge >= 0.3 is 0 Å². The van der Waals surface area contributed by atoms with Crippen LogP contribution in [0, 0.1) is 0 Å². The number of benzene rings is 1. The van der Waals surface area contributed by atoms with E-state index in [4.69, 9.17) is 15.5 Å². The molecule has 0 unspecified atom stereocenters. The fraction of sp³-hybridized carbons (Fsp3) is 0.167. The smallest absolute Gasteiger partial charge is 0.249 e. The Morgan fingerprint density at radius 1 is 1.55 bits per heavy atom. The molecule has 0 radical (unpaired) electrons. The van der Waals surface area contributed by atoms with E-state index >= 15 is 0 Å². The molecule has 2 aromatic rings. The summed E-state index contributed by atoms with van der Waals surface area (Å²) in [5.41, 5.74) is 8.88. The first-order chi connectivity index (χ1) is 10.7. The summed E-state index contributed by atoms with van der Waals surface area (Å²) in [5.74, 6) is -0.653. The number of hydrogen-bond donors (Lipinski definition) is 1. The molecular formula is C12H10FN5O3S. The number of rotatable bonds is 6. The van der Waals surface area contributed by atoms with Gasteiger partial charge in [-0.05, 0) is 16.7 Å². The molecule has 0 fully saturated rings. The van der Waals surface area contributed by atoms with Crippen molar-refractivity contribution in [3.05, 3.63) is 52.0 Å².